The van der Waals surface area contributed by atoms with Gasteiger partial charge in [0.05, 0.1) is 0 Å². The maximum absolute atomic E-state index is 11.4. The van der Waals surface area contributed by atoms with E-state index in [-0.39, 0.29) is 6.03 Å². The predicted molar refractivity (Wildman–Crippen MR) is 72.0 cm³/mol. The zero-order chi connectivity index (χ0) is 12.5. The van der Waals surface area contributed by atoms with Crippen LogP contribution in [0.2, 0.25) is 0 Å². The first kappa shape index (κ1) is 14.3. The van der Waals surface area contributed by atoms with E-state index in [2.05, 4.69) is 24.5 Å². The van der Waals surface area contributed by atoms with E-state index in [0.717, 1.165) is 44.2 Å². The first-order chi connectivity index (χ1) is 8.22. The smallest absolute Gasteiger partial charge is 0.314 e. The Labute approximate surface area is 106 Å². The third kappa shape index (κ3) is 6.54. The van der Waals surface area contributed by atoms with Gasteiger partial charge in [0, 0.05) is 13.1 Å². The average Bonchev–Trinajstić information content (AvgIpc) is 2.29. The highest BCUT2D eigenvalue weighted by molar-refractivity contribution is 5.73. The minimum Gasteiger partial charge on any atom is -0.338 e. The van der Waals surface area contributed by atoms with Crippen LogP contribution in [0.25, 0.3) is 0 Å². The number of carbonyl (C=O) groups excluding carboxylic acids is 1. The number of nitrogens with one attached hydrogen (secondary N) is 2. The normalized spacial score (nSPS) is 24.4. The van der Waals surface area contributed by atoms with Gasteiger partial charge in [-0.05, 0) is 31.1 Å². The fourth-order valence-electron chi connectivity index (χ4n) is 2.65. The van der Waals surface area contributed by atoms with Crippen LogP contribution in [0.3, 0.4) is 0 Å². The Kier molecular flexibility index (Phi) is 7.06. The van der Waals surface area contributed by atoms with E-state index in [1.165, 1.54) is 25.7 Å². The van der Waals surface area contributed by atoms with E-state index in [0.29, 0.717) is 0 Å². The predicted octanol–water partition coefficient (Wildman–Crippen LogP) is 3.30. The average molecular weight is 240 g/mol. The molecule has 1 aliphatic carbocycles. The maximum atomic E-state index is 11.4. The van der Waals surface area contributed by atoms with Crippen LogP contribution < -0.4 is 10.6 Å². The molecule has 0 saturated heterocycles. The monoisotopic (exact) mass is 240 g/mol. The molecule has 0 aliphatic heterocycles. The van der Waals surface area contributed by atoms with Crippen LogP contribution in [0, 0.1) is 11.8 Å². The first-order valence-corrected chi connectivity index (χ1v) is 7.24. The van der Waals surface area contributed by atoms with Crippen molar-refractivity contribution in [1.82, 2.24) is 10.6 Å². The Balaban J connectivity index is 2.00. The molecule has 1 rings (SSSR count). The number of amides is 2. The van der Waals surface area contributed by atoms with Gasteiger partial charge in [0.15, 0.2) is 0 Å². The second kappa shape index (κ2) is 8.37. The Hall–Kier alpha value is -0.730. The Bertz CT molecular complexity index is 218. The molecule has 0 aromatic rings. The van der Waals surface area contributed by atoms with Crippen molar-refractivity contribution < 1.29 is 4.79 Å². The molecule has 2 N–H and O–H groups in total. The van der Waals surface area contributed by atoms with Gasteiger partial charge in [-0.15, -0.1) is 0 Å². The van der Waals surface area contributed by atoms with Crippen LogP contribution >= 0.6 is 0 Å². The summed E-state index contributed by atoms with van der Waals surface area (Å²) in [4.78, 5) is 11.4. The summed E-state index contributed by atoms with van der Waals surface area (Å²) >= 11 is 0. The molecule has 0 spiro atoms. The Morgan fingerprint density at radius 2 is 2.00 bits per heavy atom. The van der Waals surface area contributed by atoms with Gasteiger partial charge < -0.3 is 10.6 Å². The van der Waals surface area contributed by atoms with Gasteiger partial charge in [-0.25, -0.2) is 4.79 Å². The second-order valence-electron chi connectivity index (χ2n) is 5.46. The van der Waals surface area contributed by atoms with Gasteiger partial charge in [0.2, 0.25) is 0 Å². The third-order valence-corrected chi connectivity index (χ3v) is 3.70. The van der Waals surface area contributed by atoms with E-state index in [1.54, 1.807) is 0 Å². The van der Waals surface area contributed by atoms with Gasteiger partial charge >= 0.3 is 6.03 Å². The first-order valence-electron chi connectivity index (χ1n) is 7.24. The molecule has 17 heavy (non-hydrogen) atoms. The summed E-state index contributed by atoms with van der Waals surface area (Å²) in [6.45, 7) is 6.10. The Morgan fingerprint density at radius 1 is 1.24 bits per heavy atom. The minimum atomic E-state index is 0.00214. The number of hydrogen-bond donors (Lipinski definition) is 2. The molecule has 1 fully saturated rings. The zero-order valence-corrected chi connectivity index (χ0v) is 11.4. The fraction of sp³-hybridized carbons (Fsp3) is 0.929. The van der Waals surface area contributed by atoms with Crippen LogP contribution in [0.1, 0.15) is 58.8 Å². The van der Waals surface area contributed by atoms with Crippen molar-refractivity contribution >= 4 is 6.03 Å². The van der Waals surface area contributed by atoms with Crippen molar-refractivity contribution in [2.45, 2.75) is 58.8 Å². The zero-order valence-electron chi connectivity index (χ0n) is 11.4. The maximum Gasteiger partial charge on any atom is 0.314 e. The number of rotatable bonds is 6. The van der Waals surface area contributed by atoms with Crippen LogP contribution in [0.4, 0.5) is 4.79 Å². The molecule has 0 aromatic heterocycles. The fourth-order valence-corrected chi connectivity index (χ4v) is 2.65. The molecule has 1 aliphatic rings. The van der Waals surface area contributed by atoms with E-state index < -0.39 is 0 Å². The van der Waals surface area contributed by atoms with Crippen molar-refractivity contribution in [3.63, 3.8) is 0 Å². The van der Waals surface area contributed by atoms with Crippen molar-refractivity contribution in [3.8, 4) is 0 Å². The minimum absolute atomic E-state index is 0.00214. The molecule has 0 aromatic carbocycles. The van der Waals surface area contributed by atoms with Crippen molar-refractivity contribution in [2.75, 3.05) is 13.1 Å². The molecule has 2 unspecified atom stereocenters. The summed E-state index contributed by atoms with van der Waals surface area (Å²) in [6, 6.07) is 0.00214. The summed E-state index contributed by atoms with van der Waals surface area (Å²) in [5.41, 5.74) is 0. The van der Waals surface area contributed by atoms with Crippen LogP contribution in [0.5, 0.6) is 0 Å². The lowest BCUT2D eigenvalue weighted by molar-refractivity contribution is 0.236. The van der Waals surface area contributed by atoms with Crippen molar-refractivity contribution in [3.05, 3.63) is 0 Å². The molecular formula is C14H28N2O. The number of carbonyl (C=O) groups is 1. The largest absolute Gasteiger partial charge is 0.338 e. The highest BCUT2D eigenvalue weighted by Gasteiger charge is 2.18. The molecule has 3 nitrogen and oxygen atoms in total. The third-order valence-electron chi connectivity index (χ3n) is 3.70. The molecule has 0 heterocycles. The second-order valence-corrected chi connectivity index (χ2v) is 5.46. The van der Waals surface area contributed by atoms with Crippen molar-refractivity contribution in [2.24, 2.45) is 11.8 Å². The summed E-state index contributed by atoms with van der Waals surface area (Å²) in [5.74, 6) is 1.71. The van der Waals surface area contributed by atoms with Gasteiger partial charge in [-0.2, -0.15) is 0 Å². The highest BCUT2D eigenvalue weighted by atomic mass is 16.2. The number of urea groups is 1. The molecule has 0 bridgehead atoms. The lowest BCUT2D eigenvalue weighted by atomic mass is 9.81. The molecule has 100 valence electrons. The molecule has 2 amide bonds. The summed E-state index contributed by atoms with van der Waals surface area (Å²) in [7, 11) is 0. The molecular weight excluding hydrogens is 212 g/mol. The van der Waals surface area contributed by atoms with E-state index in [9.17, 15) is 4.79 Å². The molecule has 2 atom stereocenters. The lowest BCUT2D eigenvalue weighted by Crippen LogP contribution is -2.37. The lowest BCUT2D eigenvalue weighted by Gasteiger charge is -2.26. The summed E-state index contributed by atoms with van der Waals surface area (Å²) in [5, 5.41) is 5.83. The quantitative estimate of drug-likeness (QED) is 0.687. The molecule has 1 saturated carbocycles. The van der Waals surface area contributed by atoms with Gasteiger partial charge in [0.25, 0.3) is 0 Å². The van der Waals surface area contributed by atoms with Gasteiger partial charge in [-0.3, -0.25) is 0 Å². The van der Waals surface area contributed by atoms with Crippen LogP contribution in [-0.2, 0) is 0 Å². The van der Waals surface area contributed by atoms with E-state index >= 15 is 0 Å². The topological polar surface area (TPSA) is 41.1 Å². The van der Waals surface area contributed by atoms with E-state index in [4.69, 9.17) is 0 Å². The summed E-state index contributed by atoms with van der Waals surface area (Å²) in [6.07, 6.45) is 8.79. The van der Waals surface area contributed by atoms with Crippen LogP contribution in [0.15, 0.2) is 0 Å². The van der Waals surface area contributed by atoms with Crippen molar-refractivity contribution in [1.29, 1.82) is 0 Å². The molecule has 3 heteroatoms. The standard InChI is InChI=1S/C14H28N2O/c1-3-4-9-15-14(17)16-10-8-13-7-5-6-12(2)11-13/h12-13H,3-11H2,1-2H3,(H2,15,16,17). The van der Waals surface area contributed by atoms with E-state index in [1.807, 2.05) is 0 Å². The van der Waals surface area contributed by atoms with Gasteiger partial charge in [0.1, 0.15) is 0 Å². The molecule has 0 radical (unpaired) electrons. The highest BCUT2D eigenvalue weighted by Crippen LogP contribution is 2.30. The van der Waals surface area contributed by atoms with Gasteiger partial charge in [-0.1, -0.05) is 39.5 Å². The SMILES string of the molecule is CCCCNC(=O)NCCC1CCCC(C)C1. The number of unbranched alkanes of at least 4 members (excludes halogenated alkanes) is 1. The van der Waals surface area contributed by atoms with Crippen LogP contribution in [-0.4, -0.2) is 19.1 Å². The summed E-state index contributed by atoms with van der Waals surface area (Å²) < 4.78 is 0. The number of hydrogen-bond acceptors (Lipinski definition) is 1. The Morgan fingerprint density at radius 3 is 2.71 bits per heavy atom.